The average molecular weight is 108 g/mol. The number of carbonyl (C=O) groups excluding carboxylic acids is 1. The predicted molar refractivity (Wildman–Crippen MR) is 32.3 cm³/mol. The third-order valence-corrected chi connectivity index (χ3v) is 0.877. The van der Waals surface area contributed by atoms with E-state index >= 15 is 0 Å². The molecule has 1 heterocycles. The maximum Gasteiger partial charge on any atom is 0.186 e. The van der Waals surface area contributed by atoms with Crippen molar-refractivity contribution in [1.29, 1.82) is 0 Å². The molecule has 0 atom stereocenters. The first-order valence-electron chi connectivity index (χ1n) is 2.34. The Kier molecular flexibility index (Phi) is 1.20. The van der Waals surface area contributed by atoms with Crippen LogP contribution in [-0.2, 0) is 0 Å². The predicted octanol–water partition coefficient (Wildman–Crippen LogP) is -0.649. The van der Waals surface area contributed by atoms with Crippen molar-refractivity contribution in [3.05, 3.63) is 17.9 Å². The Morgan fingerprint density at radius 1 is 1.62 bits per heavy atom. The van der Waals surface area contributed by atoms with Crippen LogP contribution in [0.25, 0.3) is 0 Å². The van der Waals surface area contributed by atoms with Crippen LogP contribution in [-0.4, -0.2) is 14.1 Å². The molecule has 0 saturated heterocycles. The van der Waals surface area contributed by atoms with Crippen LogP contribution in [0.5, 0.6) is 0 Å². The second-order valence-corrected chi connectivity index (χ2v) is 1.57. The second kappa shape index (κ2) is 1.86. The molecule has 0 aliphatic carbocycles. The Labute approximate surface area is 47.9 Å². The molecule has 2 nitrogen and oxygen atoms in total. The highest BCUT2D eigenvalue weighted by Crippen LogP contribution is 1.89. The Morgan fingerprint density at radius 3 is 2.62 bits per heavy atom. The van der Waals surface area contributed by atoms with E-state index in [2.05, 4.69) is 0 Å². The van der Waals surface area contributed by atoms with Crippen LogP contribution in [0, 0.1) is 0 Å². The molecule has 0 fully saturated rings. The van der Waals surface area contributed by atoms with Crippen molar-refractivity contribution in [3.8, 4) is 0 Å². The van der Waals surface area contributed by atoms with Gasteiger partial charge in [-0.05, 0) is 12.1 Å². The standard InChI is InChI=1S/C5H5BO2/c6-5-2-1-4(3-7)8-5/h1-3H,6H2. The molecule has 0 N–H and O–H groups in total. The minimum absolute atomic E-state index is 0.391. The normalized spacial score (nSPS) is 9.00. The lowest BCUT2D eigenvalue weighted by molar-refractivity contribution is 0.110. The number of aldehydes is 1. The lowest BCUT2D eigenvalue weighted by atomic mass is 10.1. The molecule has 1 rings (SSSR count). The van der Waals surface area contributed by atoms with Gasteiger partial charge in [0.15, 0.2) is 19.9 Å². The van der Waals surface area contributed by atoms with Crippen molar-refractivity contribution in [2.24, 2.45) is 0 Å². The number of carbonyl (C=O) groups is 1. The molecule has 0 unspecified atom stereocenters. The highest BCUT2D eigenvalue weighted by molar-refractivity contribution is 6.29. The monoisotopic (exact) mass is 108 g/mol. The molecule has 3 heteroatoms. The molecular formula is C5H5BO2. The van der Waals surface area contributed by atoms with Gasteiger partial charge in [-0.1, -0.05) is 0 Å². The molecule has 0 aromatic carbocycles. The summed E-state index contributed by atoms with van der Waals surface area (Å²) in [6.07, 6.45) is 0.688. The summed E-state index contributed by atoms with van der Waals surface area (Å²) in [7, 11) is 1.80. The van der Waals surface area contributed by atoms with E-state index in [4.69, 9.17) is 4.42 Å². The van der Waals surface area contributed by atoms with Gasteiger partial charge in [-0.25, -0.2) is 0 Å². The van der Waals surface area contributed by atoms with Crippen LogP contribution >= 0.6 is 0 Å². The van der Waals surface area contributed by atoms with Crippen LogP contribution in [0.4, 0.5) is 0 Å². The van der Waals surface area contributed by atoms with Crippen molar-refractivity contribution in [1.82, 2.24) is 0 Å². The summed E-state index contributed by atoms with van der Waals surface area (Å²) in [5.74, 6) is 0.391. The van der Waals surface area contributed by atoms with Gasteiger partial charge < -0.3 is 4.42 Å². The van der Waals surface area contributed by atoms with Gasteiger partial charge in [-0.15, -0.1) is 0 Å². The van der Waals surface area contributed by atoms with Crippen molar-refractivity contribution in [3.63, 3.8) is 0 Å². The molecule has 0 radical (unpaired) electrons. The fourth-order valence-corrected chi connectivity index (χ4v) is 0.517. The van der Waals surface area contributed by atoms with Crippen molar-refractivity contribution >= 4 is 19.8 Å². The van der Waals surface area contributed by atoms with Crippen molar-refractivity contribution in [2.75, 3.05) is 0 Å². The average Bonchev–Trinajstić information content (AvgIpc) is 2.14. The van der Waals surface area contributed by atoms with E-state index in [9.17, 15) is 4.79 Å². The first-order valence-corrected chi connectivity index (χ1v) is 2.34. The summed E-state index contributed by atoms with van der Waals surface area (Å²) in [5.41, 5.74) is 0.770. The SMILES string of the molecule is Bc1ccc(C=O)o1. The van der Waals surface area contributed by atoms with Crippen molar-refractivity contribution in [2.45, 2.75) is 0 Å². The molecule has 40 valence electrons. The minimum Gasteiger partial charge on any atom is -0.469 e. The summed E-state index contributed by atoms with van der Waals surface area (Å²) < 4.78 is 4.86. The van der Waals surface area contributed by atoms with Gasteiger partial charge in [-0.3, -0.25) is 4.79 Å². The van der Waals surface area contributed by atoms with Gasteiger partial charge in [0.2, 0.25) is 0 Å². The zero-order valence-corrected chi connectivity index (χ0v) is 4.55. The first-order chi connectivity index (χ1) is 3.83. The van der Waals surface area contributed by atoms with Crippen LogP contribution in [0.3, 0.4) is 0 Å². The van der Waals surface area contributed by atoms with E-state index in [1.54, 1.807) is 20.0 Å². The fraction of sp³-hybridized carbons (Fsp3) is 0. The smallest absolute Gasteiger partial charge is 0.186 e. The molecular weight excluding hydrogens is 103 g/mol. The zero-order chi connectivity index (χ0) is 5.98. The van der Waals surface area contributed by atoms with E-state index < -0.39 is 0 Å². The molecule has 0 saturated carbocycles. The zero-order valence-electron chi connectivity index (χ0n) is 4.55. The summed E-state index contributed by atoms with van der Waals surface area (Å²) in [5, 5.41) is 0. The maximum atomic E-state index is 9.93. The minimum atomic E-state index is 0.391. The fourth-order valence-electron chi connectivity index (χ4n) is 0.517. The molecule has 1 aromatic heterocycles. The van der Waals surface area contributed by atoms with Crippen LogP contribution < -0.4 is 5.66 Å². The van der Waals surface area contributed by atoms with E-state index in [-0.39, 0.29) is 0 Å². The van der Waals surface area contributed by atoms with E-state index in [1.807, 2.05) is 0 Å². The second-order valence-electron chi connectivity index (χ2n) is 1.57. The lowest BCUT2D eigenvalue weighted by Crippen LogP contribution is -1.93. The summed E-state index contributed by atoms with van der Waals surface area (Å²) in [6.45, 7) is 0. The lowest BCUT2D eigenvalue weighted by Gasteiger charge is -1.76. The van der Waals surface area contributed by atoms with Crippen LogP contribution in [0.1, 0.15) is 10.6 Å². The third kappa shape index (κ3) is 0.806. The molecule has 0 spiro atoms. The van der Waals surface area contributed by atoms with Gasteiger partial charge in [0, 0.05) is 0 Å². The molecule has 0 amide bonds. The van der Waals surface area contributed by atoms with Crippen LogP contribution in [0.2, 0.25) is 0 Å². The Balaban J connectivity index is 3.00. The molecule has 8 heavy (non-hydrogen) atoms. The topological polar surface area (TPSA) is 30.2 Å². The highest BCUT2D eigenvalue weighted by Gasteiger charge is 1.91. The van der Waals surface area contributed by atoms with E-state index in [0.717, 1.165) is 5.66 Å². The number of hydrogen-bond donors (Lipinski definition) is 0. The number of furan rings is 1. The molecule has 1 aromatic rings. The van der Waals surface area contributed by atoms with E-state index in [1.165, 1.54) is 0 Å². The third-order valence-electron chi connectivity index (χ3n) is 0.877. The van der Waals surface area contributed by atoms with Crippen molar-refractivity contribution < 1.29 is 9.21 Å². The Bertz CT molecular complexity index is 192. The van der Waals surface area contributed by atoms with Crippen LogP contribution in [0.15, 0.2) is 16.5 Å². The maximum absolute atomic E-state index is 9.93. The number of rotatable bonds is 1. The molecule has 0 bridgehead atoms. The quantitative estimate of drug-likeness (QED) is 0.353. The van der Waals surface area contributed by atoms with Gasteiger partial charge in [0.25, 0.3) is 0 Å². The first kappa shape index (κ1) is 5.16. The summed E-state index contributed by atoms with van der Waals surface area (Å²) in [4.78, 5) is 9.93. The number of hydrogen-bond acceptors (Lipinski definition) is 2. The van der Waals surface area contributed by atoms with Gasteiger partial charge in [0.1, 0.15) is 0 Å². The van der Waals surface area contributed by atoms with Gasteiger partial charge >= 0.3 is 0 Å². The molecule has 0 aliphatic heterocycles. The Hall–Kier alpha value is -0.985. The highest BCUT2D eigenvalue weighted by atomic mass is 16.3. The largest absolute Gasteiger partial charge is 0.469 e. The Morgan fingerprint density at radius 2 is 2.38 bits per heavy atom. The van der Waals surface area contributed by atoms with E-state index in [0.29, 0.717) is 12.0 Å². The van der Waals surface area contributed by atoms with Gasteiger partial charge in [-0.2, -0.15) is 0 Å². The summed E-state index contributed by atoms with van der Waals surface area (Å²) >= 11 is 0. The molecule has 0 aliphatic rings. The van der Waals surface area contributed by atoms with Gasteiger partial charge in [0.05, 0.1) is 5.66 Å². The summed E-state index contributed by atoms with van der Waals surface area (Å²) in [6, 6.07) is 3.39.